The summed E-state index contributed by atoms with van der Waals surface area (Å²) in [5, 5.41) is 0. The molecule has 2 heterocycles. The number of anilines is 1. The number of nitrogens with two attached hydrogens (primary N) is 1. The Morgan fingerprint density at radius 3 is 2.68 bits per heavy atom. The second-order valence-electron chi connectivity index (χ2n) is 5.21. The van der Waals surface area contributed by atoms with E-state index in [1.807, 2.05) is 4.90 Å². The van der Waals surface area contributed by atoms with Crippen LogP contribution in [0.25, 0.3) is 0 Å². The summed E-state index contributed by atoms with van der Waals surface area (Å²) in [5.41, 5.74) is 7.59. The van der Waals surface area contributed by atoms with E-state index in [1.54, 1.807) is 0 Å². The lowest BCUT2D eigenvalue weighted by Crippen LogP contribution is -2.32. The molecule has 7 heteroatoms. The molecule has 2 N–H and O–H groups in total. The number of ether oxygens (including phenoxy) is 1. The number of fused-ring (bicyclic) bond motifs is 1. The molecule has 22 heavy (non-hydrogen) atoms. The van der Waals surface area contributed by atoms with E-state index in [4.69, 9.17) is 10.5 Å². The van der Waals surface area contributed by atoms with Crippen LogP contribution in [-0.2, 0) is 19.5 Å². The molecule has 1 aliphatic rings. The zero-order valence-corrected chi connectivity index (χ0v) is 12.1. The van der Waals surface area contributed by atoms with Crippen LogP contribution < -0.4 is 10.5 Å². The number of benzene rings is 1. The van der Waals surface area contributed by atoms with Crippen LogP contribution in [0.5, 0.6) is 5.75 Å². The molecule has 0 saturated carbocycles. The Kier molecular flexibility index (Phi) is 3.89. The molecule has 116 valence electrons. The Labute approximate surface area is 126 Å². The van der Waals surface area contributed by atoms with Gasteiger partial charge in [-0.25, -0.2) is 18.7 Å². The predicted octanol–water partition coefficient (Wildman–Crippen LogP) is 1.90. The number of hydrogen-bond acceptors (Lipinski definition) is 5. The maximum atomic E-state index is 14.0. The van der Waals surface area contributed by atoms with Gasteiger partial charge in [-0.1, -0.05) is 0 Å². The summed E-state index contributed by atoms with van der Waals surface area (Å²) in [5.74, 6) is -0.565. The van der Waals surface area contributed by atoms with Crippen LogP contribution in [-0.4, -0.2) is 28.5 Å². The lowest BCUT2D eigenvalue weighted by Gasteiger charge is -2.28. The van der Waals surface area contributed by atoms with Gasteiger partial charge in [-0.15, -0.1) is 0 Å². The highest BCUT2D eigenvalue weighted by molar-refractivity contribution is 5.42. The molecular weight excluding hydrogens is 290 g/mol. The molecule has 1 aliphatic heterocycles. The van der Waals surface area contributed by atoms with Crippen molar-refractivity contribution in [2.45, 2.75) is 19.5 Å². The Bertz CT molecular complexity index is 685. The molecule has 0 radical (unpaired) electrons. The summed E-state index contributed by atoms with van der Waals surface area (Å²) in [6, 6.07) is 2.38. The van der Waals surface area contributed by atoms with E-state index in [0.717, 1.165) is 11.3 Å². The minimum absolute atomic E-state index is 0.0336. The average molecular weight is 306 g/mol. The van der Waals surface area contributed by atoms with Crippen molar-refractivity contribution in [3.8, 4) is 5.75 Å². The van der Waals surface area contributed by atoms with Crippen molar-refractivity contribution in [3.05, 3.63) is 46.9 Å². The topological polar surface area (TPSA) is 64.3 Å². The number of hydrogen-bond donors (Lipinski definition) is 1. The van der Waals surface area contributed by atoms with Gasteiger partial charge in [0.1, 0.15) is 29.5 Å². The van der Waals surface area contributed by atoms with Gasteiger partial charge in [-0.05, 0) is 6.42 Å². The standard InChI is InChI=1S/C15H16F2N4O/c1-22-9-4-12(16)11(13(17)5-9)6-21-3-2-10-14(7-21)19-8-20-15(10)18/h4-5,8H,2-3,6-7H2,1H3,(H2,18,19,20). The van der Waals surface area contributed by atoms with Gasteiger partial charge in [-0.3, -0.25) is 4.90 Å². The molecule has 0 aliphatic carbocycles. The number of methoxy groups -OCH3 is 1. The van der Waals surface area contributed by atoms with Crippen LogP contribution in [0.2, 0.25) is 0 Å². The van der Waals surface area contributed by atoms with Crippen molar-refractivity contribution in [1.82, 2.24) is 14.9 Å². The molecule has 0 saturated heterocycles. The van der Waals surface area contributed by atoms with Gasteiger partial charge in [0, 0.05) is 42.9 Å². The fraction of sp³-hybridized carbons (Fsp3) is 0.333. The zero-order valence-electron chi connectivity index (χ0n) is 12.1. The molecule has 3 rings (SSSR count). The molecule has 0 atom stereocenters. The minimum atomic E-state index is -0.607. The number of nitrogen functional groups attached to an aromatic ring is 1. The van der Waals surface area contributed by atoms with Gasteiger partial charge in [0.2, 0.25) is 0 Å². The highest BCUT2D eigenvalue weighted by atomic mass is 19.1. The fourth-order valence-corrected chi connectivity index (χ4v) is 2.64. The Morgan fingerprint density at radius 2 is 2.00 bits per heavy atom. The van der Waals surface area contributed by atoms with Crippen molar-refractivity contribution in [3.63, 3.8) is 0 Å². The van der Waals surface area contributed by atoms with Crippen LogP contribution in [0.4, 0.5) is 14.6 Å². The number of aromatic nitrogens is 2. The molecule has 0 bridgehead atoms. The van der Waals surface area contributed by atoms with Crippen molar-refractivity contribution >= 4 is 5.82 Å². The van der Waals surface area contributed by atoms with Gasteiger partial charge in [0.25, 0.3) is 0 Å². The second-order valence-corrected chi connectivity index (χ2v) is 5.21. The molecule has 1 aromatic heterocycles. The van der Waals surface area contributed by atoms with Crippen molar-refractivity contribution in [2.75, 3.05) is 19.4 Å². The maximum absolute atomic E-state index is 14.0. The largest absolute Gasteiger partial charge is 0.497 e. The number of nitrogens with zero attached hydrogens (tertiary/aromatic N) is 3. The monoisotopic (exact) mass is 306 g/mol. The summed E-state index contributed by atoms with van der Waals surface area (Å²) in [4.78, 5) is 10.1. The van der Waals surface area contributed by atoms with Crippen molar-refractivity contribution in [1.29, 1.82) is 0 Å². The SMILES string of the molecule is COc1cc(F)c(CN2CCc3c(N)ncnc3C2)c(F)c1. The third-order valence-corrected chi connectivity index (χ3v) is 3.85. The number of rotatable bonds is 3. The smallest absolute Gasteiger partial charge is 0.134 e. The Morgan fingerprint density at radius 1 is 1.27 bits per heavy atom. The summed E-state index contributed by atoms with van der Waals surface area (Å²) >= 11 is 0. The molecule has 2 aromatic rings. The first-order chi connectivity index (χ1) is 10.6. The second kappa shape index (κ2) is 5.84. The van der Waals surface area contributed by atoms with Crippen LogP contribution in [0, 0.1) is 11.6 Å². The summed E-state index contributed by atoms with van der Waals surface area (Å²) in [7, 11) is 1.37. The Hall–Kier alpha value is -2.28. The minimum Gasteiger partial charge on any atom is -0.497 e. The Balaban J connectivity index is 1.81. The molecule has 1 aromatic carbocycles. The highest BCUT2D eigenvalue weighted by Crippen LogP contribution is 2.25. The van der Waals surface area contributed by atoms with Gasteiger partial charge < -0.3 is 10.5 Å². The van der Waals surface area contributed by atoms with Gasteiger partial charge in [0.05, 0.1) is 12.8 Å². The maximum Gasteiger partial charge on any atom is 0.134 e. The first-order valence-corrected chi connectivity index (χ1v) is 6.91. The van der Waals surface area contributed by atoms with E-state index in [-0.39, 0.29) is 17.9 Å². The molecule has 0 fully saturated rings. The van der Waals surface area contributed by atoms with E-state index in [0.29, 0.717) is 25.3 Å². The number of halogens is 2. The summed E-state index contributed by atoms with van der Waals surface area (Å²) in [6.45, 7) is 1.31. The molecule has 0 spiro atoms. The molecular formula is C15H16F2N4O. The normalized spacial score (nSPS) is 14.7. The third-order valence-electron chi connectivity index (χ3n) is 3.85. The van der Waals surface area contributed by atoms with Crippen LogP contribution in [0.15, 0.2) is 18.5 Å². The first kappa shape index (κ1) is 14.6. The van der Waals surface area contributed by atoms with Gasteiger partial charge in [-0.2, -0.15) is 0 Å². The lowest BCUT2D eigenvalue weighted by atomic mass is 10.0. The average Bonchev–Trinajstić information content (AvgIpc) is 2.51. The fourth-order valence-electron chi connectivity index (χ4n) is 2.64. The van der Waals surface area contributed by atoms with Crippen LogP contribution >= 0.6 is 0 Å². The van der Waals surface area contributed by atoms with Crippen LogP contribution in [0.3, 0.4) is 0 Å². The van der Waals surface area contributed by atoms with E-state index in [1.165, 1.54) is 25.6 Å². The van der Waals surface area contributed by atoms with E-state index in [9.17, 15) is 8.78 Å². The lowest BCUT2D eigenvalue weighted by molar-refractivity contribution is 0.234. The first-order valence-electron chi connectivity index (χ1n) is 6.91. The van der Waals surface area contributed by atoms with Crippen molar-refractivity contribution < 1.29 is 13.5 Å². The van der Waals surface area contributed by atoms with Gasteiger partial charge in [0.15, 0.2) is 0 Å². The quantitative estimate of drug-likeness (QED) is 0.938. The molecule has 0 unspecified atom stereocenters. The molecule has 0 amide bonds. The molecule has 5 nitrogen and oxygen atoms in total. The zero-order chi connectivity index (χ0) is 15.7. The highest BCUT2D eigenvalue weighted by Gasteiger charge is 2.22. The third kappa shape index (κ3) is 2.71. The van der Waals surface area contributed by atoms with E-state index in [2.05, 4.69) is 9.97 Å². The summed E-state index contributed by atoms with van der Waals surface area (Å²) < 4.78 is 32.9. The predicted molar refractivity (Wildman–Crippen MR) is 77.2 cm³/mol. The van der Waals surface area contributed by atoms with Gasteiger partial charge >= 0.3 is 0 Å². The van der Waals surface area contributed by atoms with Crippen molar-refractivity contribution in [2.24, 2.45) is 0 Å². The van der Waals surface area contributed by atoms with Crippen LogP contribution in [0.1, 0.15) is 16.8 Å². The summed E-state index contributed by atoms with van der Waals surface area (Å²) in [6.07, 6.45) is 2.08. The van der Waals surface area contributed by atoms with E-state index >= 15 is 0 Å². The van der Waals surface area contributed by atoms with E-state index < -0.39 is 11.6 Å².